The third-order valence-electron chi connectivity index (χ3n) is 4.06. The van der Waals surface area contributed by atoms with Crippen LogP contribution in [0.4, 0.5) is 0 Å². The molecule has 0 spiro atoms. The number of carbonyl (C=O) groups is 2. The molecule has 2 aliphatic heterocycles. The number of nitrogens with one attached hydrogen (secondary N) is 1. The van der Waals surface area contributed by atoms with Gasteiger partial charge in [-0.05, 0) is 12.5 Å². The second kappa shape index (κ2) is 5.26. The molecule has 1 aromatic heterocycles. The standard InChI is InChI=1S/C13H18N4O3/c14-15-13(19)12-9(3-6-20-12)7-16-4-5-17-10(8-16)1-2-11(17)18/h3,6,10H,1-2,4-5,7-8,14H2,(H,15,19). The number of hydrogen-bond donors (Lipinski definition) is 2. The number of furan rings is 1. The first-order valence-corrected chi connectivity index (χ1v) is 6.78. The Hall–Kier alpha value is -1.86. The summed E-state index contributed by atoms with van der Waals surface area (Å²) in [5.74, 6) is 5.24. The van der Waals surface area contributed by atoms with E-state index in [4.69, 9.17) is 10.3 Å². The van der Waals surface area contributed by atoms with Gasteiger partial charge in [0, 0.05) is 44.2 Å². The number of carbonyl (C=O) groups excluding carboxylic acids is 2. The molecule has 0 bridgehead atoms. The summed E-state index contributed by atoms with van der Waals surface area (Å²) in [7, 11) is 0. The molecular weight excluding hydrogens is 260 g/mol. The van der Waals surface area contributed by atoms with Crippen molar-refractivity contribution in [3.8, 4) is 0 Å². The summed E-state index contributed by atoms with van der Waals surface area (Å²) in [6.07, 6.45) is 3.08. The lowest BCUT2D eigenvalue weighted by Gasteiger charge is -2.37. The fraction of sp³-hybridized carbons (Fsp3) is 0.538. The zero-order valence-electron chi connectivity index (χ0n) is 11.2. The van der Waals surface area contributed by atoms with E-state index in [1.54, 1.807) is 6.07 Å². The van der Waals surface area contributed by atoms with Gasteiger partial charge >= 0.3 is 5.91 Å². The average molecular weight is 278 g/mol. The molecule has 20 heavy (non-hydrogen) atoms. The van der Waals surface area contributed by atoms with Crippen LogP contribution < -0.4 is 11.3 Å². The number of piperazine rings is 1. The summed E-state index contributed by atoms with van der Waals surface area (Å²) in [5.41, 5.74) is 2.91. The molecule has 2 aliphatic rings. The fourth-order valence-corrected chi connectivity index (χ4v) is 3.04. The van der Waals surface area contributed by atoms with Crippen molar-refractivity contribution < 1.29 is 14.0 Å². The molecule has 2 amide bonds. The molecule has 0 saturated carbocycles. The molecular formula is C13H18N4O3. The lowest BCUT2D eigenvalue weighted by molar-refractivity contribution is -0.130. The van der Waals surface area contributed by atoms with E-state index in [0.717, 1.165) is 31.6 Å². The third-order valence-corrected chi connectivity index (χ3v) is 4.06. The van der Waals surface area contributed by atoms with E-state index < -0.39 is 5.91 Å². The Labute approximate surface area is 116 Å². The Balaban J connectivity index is 1.66. The largest absolute Gasteiger partial charge is 0.459 e. The van der Waals surface area contributed by atoms with Gasteiger partial charge in [0.15, 0.2) is 5.76 Å². The number of amides is 2. The molecule has 2 saturated heterocycles. The van der Waals surface area contributed by atoms with Gasteiger partial charge in [0.25, 0.3) is 0 Å². The highest BCUT2D eigenvalue weighted by atomic mass is 16.3. The van der Waals surface area contributed by atoms with Gasteiger partial charge in [-0.25, -0.2) is 5.84 Å². The Bertz CT molecular complexity index is 527. The zero-order valence-corrected chi connectivity index (χ0v) is 11.2. The minimum atomic E-state index is -0.417. The lowest BCUT2D eigenvalue weighted by Crippen LogP contribution is -2.51. The van der Waals surface area contributed by atoms with Crippen molar-refractivity contribution in [3.63, 3.8) is 0 Å². The number of hydrazine groups is 1. The minimum absolute atomic E-state index is 0.262. The zero-order chi connectivity index (χ0) is 14.1. The Morgan fingerprint density at radius 1 is 1.50 bits per heavy atom. The second-order valence-corrected chi connectivity index (χ2v) is 5.26. The maximum absolute atomic E-state index is 11.6. The Morgan fingerprint density at radius 3 is 3.15 bits per heavy atom. The molecule has 1 unspecified atom stereocenters. The SMILES string of the molecule is NNC(=O)c1occc1CN1CCN2C(=O)CCC2C1. The third kappa shape index (κ3) is 2.30. The summed E-state index contributed by atoms with van der Waals surface area (Å²) < 4.78 is 5.18. The topological polar surface area (TPSA) is 91.8 Å². The predicted molar refractivity (Wildman–Crippen MR) is 70.4 cm³/mol. The summed E-state index contributed by atoms with van der Waals surface area (Å²) in [5, 5.41) is 0. The van der Waals surface area contributed by atoms with Crippen molar-refractivity contribution in [1.29, 1.82) is 0 Å². The summed E-state index contributed by atoms with van der Waals surface area (Å²) in [4.78, 5) is 27.4. The Morgan fingerprint density at radius 2 is 2.35 bits per heavy atom. The van der Waals surface area contributed by atoms with Crippen molar-refractivity contribution in [2.45, 2.75) is 25.4 Å². The van der Waals surface area contributed by atoms with Crippen LogP contribution >= 0.6 is 0 Å². The van der Waals surface area contributed by atoms with Crippen LogP contribution in [0, 0.1) is 0 Å². The molecule has 3 N–H and O–H groups in total. The molecule has 0 aromatic carbocycles. The molecule has 2 fully saturated rings. The highest BCUT2D eigenvalue weighted by Gasteiger charge is 2.35. The number of rotatable bonds is 3. The van der Waals surface area contributed by atoms with Gasteiger partial charge in [-0.2, -0.15) is 0 Å². The smallest absolute Gasteiger partial charge is 0.301 e. The van der Waals surface area contributed by atoms with Crippen molar-refractivity contribution in [2.24, 2.45) is 5.84 Å². The van der Waals surface area contributed by atoms with Gasteiger partial charge < -0.3 is 9.32 Å². The van der Waals surface area contributed by atoms with Gasteiger partial charge in [-0.15, -0.1) is 0 Å². The normalized spacial score (nSPS) is 22.9. The summed E-state index contributed by atoms with van der Waals surface area (Å²) >= 11 is 0. The lowest BCUT2D eigenvalue weighted by atomic mass is 10.1. The van der Waals surface area contributed by atoms with E-state index in [9.17, 15) is 9.59 Å². The molecule has 1 aromatic rings. The van der Waals surface area contributed by atoms with Crippen LogP contribution in [0.15, 0.2) is 16.7 Å². The van der Waals surface area contributed by atoms with Crippen molar-refractivity contribution in [2.75, 3.05) is 19.6 Å². The first-order chi connectivity index (χ1) is 9.69. The van der Waals surface area contributed by atoms with Crippen LogP contribution in [0.25, 0.3) is 0 Å². The van der Waals surface area contributed by atoms with Crippen LogP contribution in [0.2, 0.25) is 0 Å². The molecule has 7 heteroatoms. The molecule has 7 nitrogen and oxygen atoms in total. The molecule has 108 valence electrons. The van der Waals surface area contributed by atoms with Crippen LogP contribution in [-0.4, -0.2) is 47.3 Å². The molecule has 3 heterocycles. The Kier molecular flexibility index (Phi) is 3.45. The quantitative estimate of drug-likeness (QED) is 0.449. The van der Waals surface area contributed by atoms with E-state index in [-0.39, 0.29) is 11.7 Å². The van der Waals surface area contributed by atoms with Gasteiger partial charge in [0.05, 0.1) is 6.26 Å². The molecule has 3 rings (SSSR count). The summed E-state index contributed by atoms with van der Waals surface area (Å²) in [6, 6.07) is 2.10. The minimum Gasteiger partial charge on any atom is -0.459 e. The van der Waals surface area contributed by atoms with Gasteiger partial charge in [-0.1, -0.05) is 0 Å². The first-order valence-electron chi connectivity index (χ1n) is 6.78. The second-order valence-electron chi connectivity index (χ2n) is 5.26. The monoisotopic (exact) mass is 278 g/mol. The van der Waals surface area contributed by atoms with Gasteiger partial charge in [-0.3, -0.25) is 19.9 Å². The van der Waals surface area contributed by atoms with Crippen LogP contribution in [-0.2, 0) is 11.3 Å². The van der Waals surface area contributed by atoms with Crippen LogP contribution in [0.1, 0.15) is 29.0 Å². The predicted octanol–water partition coefficient (Wildman–Crippen LogP) is -0.310. The van der Waals surface area contributed by atoms with E-state index in [1.165, 1.54) is 6.26 Å². The maximum Gasteiger partial charge on any atom is 0.301 e. The highest BCUT2D eigenvalue weighted by Crippen LogP contribution is 2.24. The average Bonchev–Trinajstić information content (AvgIpc) is 3.05. The van der Waals surface area contributed by atoms with Crippen LogP contribution in [0.3, 0.4) is 0 Å². The van der Waals surface area contributed by atoms with Gasteiger partial charge in [0.2, 0.25) is 5.91 Å². The van der Waals surface area contributed by atoms with Crippen LogP contribution in [0.5, 0.6) is 0 Å². The number of nitrogens with zero attached hydrogens (tertiary/aromatic N) is 2. The van der Waals surface area contributed by atoms with E-state index in [0.29, 0.717) is 19.0 Å². The van der Waals surface area contributed by atoms with Crippen molar-refractivity contribution in [3.05, 3.63) is 23.7 Å². The highest BCUT2D eigenvalue weighted by molar-refractivity contribution is 5.92. The van der Waals surface area contributed by atoms with Gasteiger partial charge in [0.1, 0.15) is 0 Å². The van der Waals surface area contributed by atoms with Crippen molar-refractivity contribution in [1.82, 2.24) is 15.2 Å². The fourth-order valence-electron chi connectivity index (χ4n) is 3.04. The van der Waals surface area contributed by atoms with E-state index in [1.807, 2.05) is 4.90 Å². The van der Waals surface area contributed by atoms with E-state index in [2.05, 4.69) is 10.3 Å². The number of nitrogens with two attached hydrogens (primary N) is 1. The number of hydrogen-bond acceptors (Lipinski definition) is 5. The summed E-state index contributed by atoms with van der Waals surface area (Å²) in [6.45, 7) is 3.06. The molecule has 0 radical (unpaired) electrons. The number of nitrogen functional groups attached to an aromatic ring is 1. The molecule has 1 atom stereocenters. The maximum atomic E-state index is 11.6. The number of fused-ring (bicyclic) bond motifs is 1. The first kappa shape index (κ1) is 13.1. The van der Waals surface area contributed by atoms with Crippen molar-refractivity contribution >= 4 is 11.8 Å². The molecule has 0 aliphatic carbocycles. The van der Waals surface area contributed by atoms with E-state index >= 15 is 0 Å².